The summed E-state index contributed by atoms with van der Waals surface area (Å²) in [6, 6.07) is 20.4. The highest BCUT2D eigenvalue weighted by atomic mass is 32.2. The summed E-state index contributed by atoms with van der Waals surface area (Å²) in [6.45, 7) is 3.16. The van der Waals surface area contributed by atoms with Gasteiger partial charge >= 0.3 is 0 Å². The Balaban J connectivity index is 1.71. The van der Waals surface area contributed by atoms with Crippen LogP contribution in [0.4, 0.5) is 0 Å². The SMILES string of the molecule is CCn1c(CN)nnc1Sc1nc(-c2ccccc2)nc2scc(-c3ccccc3)c12. The van der Waals surface area contributed by atoms with Crippen LogP contribution < -0.4 is 5.73 Å². The number of rotatable bonds is 6. The minimum Gasteiger partial charge on any atom is -0.324 e. The number of benzene rings is 2. The molecular weight excluding hydrogens is 424 g/mol. The summed E-state index contributed by atoms with van der Waals surface area (Å²) in [6.07, 6.45) is 0. The van der Waals surface area contributed by atoms with Crippen molar-refractivity contribution in [2.45, 2.75) is 30.2 Å². The van der Waals surface area contributed by atoms with E-state index in [0.717, 1.165) is 49.5 Å². The third kappa shape index (κ3) is 3.74. The van der Waals surface area contributed by atoms with Crippen LogP contribution in [0.15, 0.2) is 76.2 Å². The van der Waals surface area contributed by atoms with Crippen LogP contribution in [0.5, 0.6) is 0 Å². The summed E-state index contributed by atoms with van der Waals surface area (Å²) in [5.41, 5.74) is 9.11. The number of thiophene rings is 1. The lowest BCUT2D eigenvalue weighted by Crippen LogP contribution is -2.08. The highest BCUT2D eigenvalue weighted by Gasteiger charge is 2.20. The first-order valence-electron chi connectivity index (χ1n) is 9.98. The number of fused-ring (bicyclic) bond motifs is 1. The average molecular weight is 445 g/mol. The molecule has 0 amide bonds. The van der Waals surface area contributed by atoms with Crippen LogP contribution in [0.25, 0.3) is 32.7 Å². The minimum absolute atomic E-state index is 0.351. The van der Waals surface area contributed by atoms with E-state index >= 15 is 0 Å². The fourth-order valence-electron chi connectivity index (χ4n) is 3.48. The van der Waals surface area contributed by atoms with E-state index < -0.39 is 0 Å². The molecule has 0 aliphatic rings. The normalized spacial score (nSPS) is 11.3. The first kappa shape index (κ1) is 19.9. The van der Waals surface area contributed by atoms with Crippen LogP contribution in [0.1, 0.15) is 12.7 Å². The summed E-state index contributed by atoms with van der Waals surface area (Å²) in [5.74, 6) is 1.48. The fourth-order valence-corrected chi connectivity index (χ4v) is 5.53. The van der Waals surface area contributed by atoms with E-state index in [1.165, 1.54) is 11.8 Å². The predicted octanol–water partition coefficient (Wildman–Crippen LogP) is 5.25. The van der Waals surface area contributed by atoms with Crippen molar-refractivity contribution in [3.63, 3.8) is 0 Å². The Morgan fingerprint density at radius 1 is 0.935 bits per heavy atom. The van der Waals surface area contributed by atoms with Gasteiger partial charge in [0.05, 0.1) is 11.9 Å². The Hall–Kier alpha value is -3.07. The number of aromatic nitrogens is 5. The van der Waals surface area contributed by atoms with Crippen LogP contribution in [0.3, 0.4) is 0 Å². The molecule has 0 saturated carbocycles. The number of nitrogens with zero attached hydrogens (tertiary/aromatic N) is 5. The Morgan fingerprint density at radius 3 is 2.32 bits per heavy atom. The number of nitrogens with two attached hydrogens (primary N) is 1. The molecule has 0 saturated heterocycles. The van der Waals surface area contributed by atoms with E-state index in [4.69, 9.17) is 15.7 Å². The maximum absolute atomic E-state index is 5.85. The Morgan fingerprint density at radius 2 is 1.65 bits per heavy atom. The monoisotopic (exact) mass is 444 g/mol. The number of hydrogen-bond acceptors (Lipinski definition) is 7. The topological polar surface area (TPSA) is 82.5 Å². The molecule has 0 bridgehead atoms. The lowest BCUT2D eigenvalue weighted by atomic mass is 10.1. The van der Waals surface area contributed by atoms with Crippen molar-refractivity contribution < 1.29 is 0 Å². The van der Waals surface area contributed by atoms with Gasteiger partial charge in [0, 0.05) is 23.1 Å². The Kier molecular flexibility index (Phi) is 5.50. The first-order chi connectivity index (χ1) is 15.3. The summed E-state index contributed by atoms with van der Waals surface area (Å²) < 4.78 is 2.04. The van der Waals surface area contributed by atoms with Crippen molar-refractivity contribution in [2.24, 2.45) is 5.73 Å². The second-order valence-electron chi connectivity index (χ2n) is 6.86. The van der Waals surface area contributed by atoms with Gasteiger partial charge in [-0.2, -0.15) is 0 Å². The Bertz CT molecular complexity index is 1330. The second-order valence-corrected chi connectivity index (χ2v) is 8.68. The van der Waals surface area contributed by atoms with Crippen LogP contribution in [-0.4, -0.2) is 24.7 Å². The first-order valence-corrected chi connectivity index (χ1v) is 11.7. The molecule has 2 aromatic carbocycles. The summed E-state index contributed by atoms with van der Waals surface area (Å²) in [5, 5.41) is 13.5. The lowest BCUT2D eigenvalue weighted by molar-refractivity contribution is 0.643. The zero-order valence-corrected chi connectivity index (χ0v) is 18.5. The Labute approximate surface area is 188 Å². The van der Waals surface area contributed by atoms with E-state index in [0.29, 0.717) is 12.4 Å². The van der Waals surface area contributed by atoms with E-state index in [1.807, 2.05) is 53.1 Å². The molecule has 0 aliphatic heterocycles. The van der Waals surface area contributed by atoms with Crippen molar-refractivity contribution in [1.29, 1.82) is 0 Å². The van der Waals surface area contributed by atoms with Gasteiger partial charge in [-0.3, -0.25) is 0 Å². The minimum atomic E-state index is 0.351. The van der Waals surface area contributed by atoms with Gasteiger partial charge in [-0.15, -0.1) is 21.5 Å². The highest BCUT2D eigenvalue weighted by molar-refractivity contribution is 7.99. The van der Waals surface area contributed by atoms with E-state index in [2.05, 4.69) is 34.6 Å². The van der Waals surface area contributed by atoms with Crippen molar-refractivity contribution in [3.05, 3.63) is 71.9 Å². The van der Waals surface area contributed by atoms with E-state index in [9.17, 15) is 0 Å². The predicted molar refractivity (Wildman–Crippen MR) is 126 cm³/mol. The third-order valence-electron chi connectivity index (χ3n) is 5.00. The maximum Gasteiger partial charge on any atom is 0.197 e. The standard InChI is InChI=1S/C23H20N6S2/c1-2-29-18(13-24)27-28-23(29)31-22-19-17(15-9-5-3-6-10-15)14-30-21(19)25-20(26-22)16-11-7-4-8-12-16/h3-12,14H,2,13,24H2,1H3. The second kappa shape index (κ2) is 8.58. The molecule has 0 aliphatic carbocycles. The van der Waals surface area contributed by atoms with Crippen molar-refractivity contribution in [2.75, 3.05) is 0 Å². The molecule has 31 heavy (non-hydrogen) atoms. The molecule has 0 unspecified atom stereocenters. The molecule has 5 rings (SSSR count). The number of hydrogen-bond donors (Lipinski definition) is 1. The van der Waals surface area contributed by atoms with Gasteiger partial charge in [0.1, 0.15) is 15.7 Å². The fraction of sp³-hybridized carbons (Fsp3) is 0.130. The van der Waals surface area contributed by atoms with E-state index in [1.54, 1.807) is 11.3 Å². The molecule has 0 atom stereocenters. The van der Waals surface area contributed by atoms with E-state index in [-0.39, 0.29) is 0 Å². The largest absolute Gasteiger partial charge is 0.324 e. The van der Waals surface area contributed by atoms with Crippen molar-refractivity contribution in [3.8, 4) is 22.5 Å². The summed E-state index contributed by atoms with van der Waals surface area (Å²) in [4.78, 5) is 10.8. The van der Waals surface area contributed by atoms with Crippen molar-refractivity contribution in [1.82, 2.24) is 24.7 Å². The molecule has 3 aromatic heterocycles. The summed E-state index contributed by atoms with van der Waals surface area (Å²) in [7, 11) is 0. The molecule has 2 N–H and O–H groups in total. The van der Waals surface area contributed by atoms with Gasteiger partial charge in [0.15, 0.2) is 11.0 Å². The van der Waals surface area contributed by atoms with Crippen molar-refractivity contribution >= 4 is 33.3 Å². The molecule has 0 radical (unpaired) electrons. The van der Waals surface area contributed by atoms with Crippen LogP contribution in [-0.2, 0) is 13.1 Å². The molecule has 0 spiro atoms. The molecule has 5 aromatic rings. The van der Waals surface area contributed by atoms with Gasteiger partial charge in [0.25, 0.3) is 0 Å². The van der Waals surface area contributed by atoms with Gasteiger partial charge < -0.3 is 10.3 Å². The van der Waals surface area contributed by atoms with Gasteiger partial charge in [-0.25, -0.2) is 9.97 Å². The molecule has 6 nitrogen and oxygen atoms in total. The zero-order chi connectivity index (χ0) is 21.2. The van der Waals surface area contributed by atoms with Gasteiger partial charge in [-0.1, -0.05) is 60.7 Å². The highest BCUT2D eigenvalue weighted by Crippen LogP contribution is 2.41. The third-order valence-corrected chi connectivity index (χ3v) is 6.84. The molecule has 0 fully saturated rings. The van der Waals surface area contributed by atoms with Gasteiger partial charge in [-0.05, 0) is 24.2 Å². The van der Waals surface area contributed by atoms with Crippen LogP contribution >= 0.6 is 23.1 Å². The molecule has 3 heterocycles. The lowest BCUT2D eigenvalue weighted by Gasteiger charge is -2.09. The van der Waals surface area contributed by atoms with Crippen LogP contribution in [0, 0.1) is 0 Å². The summed E-state index contributed by atoms with van der Waals surface area (Å²) >= 11 is 3.15. The molecule has 154 valence electrons. The maximum atomic E-state index is 5.85. The van der Waals surface area contributed by atoms with Crippen LogP contribution in [0.2, 0.25) is 0 Å². The zero-order valence-electron chi connectivity index (χ0n) is 16.9. The molecule has 8 heteroatoms. The smallest absolute Gasteiger partial charge is 0.197 e. The average Bonchev–Trinajstić information content (AvgIpc) is 3.44. The van der Waals surface area contributed by atoms with Gasteiger partial charge in [0.2, 0.25) is 0 Å². The quantitative estimate of drug-likeness (QED) is 0.360. The molecular formula is C23H20N6S2.